The van der Waals surface area contributed by atoms with Gasteiger partial charge < -0.3 is 9.72 Å². The molecule has 0 bridgehead atoms. The van der Waals surface area contributed by atoms with Gasteiger partial charge in [0.25, 0.3) is 0 Å². The van der Waals surface area contributed by atoms with E-state index in [0.717, 1.165) is 12.0 Å². The Morgan fingerprint density at radius 1 is 1.40 bits per heavy atom. The fourth-order valence-electron chi connectivity index (χ4n) is 1.93. The van der Waals surface area contributed by atoms with Gasteiger partial charge in [0.15, 0.2) is 0 Å². The second-order valence-corrected chi connectivity index (χ2v) is 4.44. The fraction of sp³-hybridized carbons (Fsp3) is 0.333. The standard InChI is InChI=1S/C15H16FNO3/c1-2-10-4-5-13-11(8-10)14(18)12(9-17-13)15(19)20-7-3-6-16/h4-5,8-9H,2-3,6-7H2,1H3,(H,17,18)/i16-1. The zero-order valence-corrected chi connectivity index (χ0v) is 11.2. The molecule has 106 valence electrons. The van der Waals surface area contributed by atoms with Crippen LogP contribution in [0.5, 0.6) is 0 Å². The van der Waals surface area contributed by atoms with Gasteiger partial charge >= 0.3 is 5.97 Å². The quantitative estimate of drug-likeness (QED) is 0.674. The molecule has 0 saturated carbocycles. The van der Waals surface area contributed by atoms with Crippen LogP contribution in [0.25, 0.3) is 10.9 Å². The molecule has 0 saturated heterocycles. The zero-order chi connectivity index (χ0) is 14.5. The topological polar surface area (TPSA) is 59.2 Å². The Morgan fingerprint density at radius 3 is 2.90 bits per heavy atom. The number of hydrogen-bond acceptors (Lipinski definition) is 3. The predicted octanol–water partition coefficient (Wildman–Crippen LogP) is 2.61. The number of benzene rings is 1. The van der Waals surface area contributed by atoms with Gasteiger partial charge in [-0.05, 0) is 24.1 Å². The first kappa shape index (κ1) is 14.2. The van der Waals surface area contributed by atoms with Gasteiger partial charge in [-0.15, -0.1) is 0 Å². The number of hydrogen-bond donors (Lipinski definition) is 1. The van der Waals surface area contributed by atoms with Gasteiger partial charge in [0, 0.05) is 23.5 Å². The minimum Gasteiger partial charge on any atom is -0.462 e. The molecule has 0 atom stereocenters. The maximum absolute atomic E-state index is 12.3. The van der Waals surface area contributed by atoms with Crippen LogP contribution in [0.2, 0.25) is 0 Å². The van der Waals surface area contributed by atoms with Crippen LogP contribution in [0.15, 0.2) is 29.2 Å². The summed E-state index contributed by atoms with van der Waals surface area (Å²) in [7, 11) is 0. The first-order chi connectivity index (χ1) is 9.67. The van der Waals surface area contributed by atoms with Crippen molar-refractivity contribution in [3.8, 4) is 0 Å². The number of aryl methyl sites for hydroxylation is 1. The summed E-state index contributed by atoms with van der Waals surface area (Å²) < 4.78 is 16.8. The lowest BCUT2D eigenvalue weighted by Crippen LogP contribution is -2.18. The van der Waals surface area contributed by atoms with Gasteiger partial charge in [-0.2, -0.15) is 0 Å². The lowest BCUT2D eigenvalue weighted by molar-refractivity contribution is 0.0492. The number of carbonyl (C=O) groups excluding carboxylic acids is 1. The predicted molar refractivity (Wildman–Crippen MR) is 74.8 cm³/mol. The van der Waals surface area contributed by atoms with E-state index >= 15 is 0 Å². The van der Waals surface area contributed by atoms with E-state index in [9.17, 15) is 14.0 Å². The van der Waals surface area contributed by atoms with Crippen molar-refractivity contribution in [2.45, 2.75) is 19.8 Å². The van der Waals surface area contributed by atoms with Crippen LogP contribution < -0.4 is 5.43 Å². The molecule has 1 aromatic heterocycles. The average Bonchev–Trinajstić information content (AvgIpc) is 2.47. The van der Waals surface area contributed by atoms with Crippen molar-refractivity contribution in [1.29, 1.82) is 0 Å². The minimum atomic E-state index is -0.719. The molecule has 4 nitrogen and oxygen atoms in total. The molecule has 0 aliphatic heterocycles. The largest absolute Gasteiger partial charge is 0.462 e. The van der Waals surface area contributed by atoms with Crippen LogP contribution in [-0.4, -0.2) is 24.2 Å². The third kappa shape index (κ3) is 2.87. The van der Waals surface area contributed by atoms with Gasteiger partial charge in [0.2, 0.25) is 5.43 Å². The zero-order valence-electron chi connectivity index (χ0n) is 11.2. The lowest BCUT2D eigenvalue weighted by atomic mass is 10.1. The highest BCUT2D eigenvalue weighted by Gasteiger charge is 2.14. The van der Waals surface area contributed by atoms with E-state index in [1.807, 2.05) is 19.1 Å². The van der Waals surface area contributed by atoms with Gasteiger partial charge in [-0.1, -0.05) is 13.0 Å². The molecule has 0 unspecified atom stereocenters. The Bertz CT molecular complexity index is 678. The van der Waals surface area contributed by atoms with Crippen LogP contribution in [0.1, 0.15) is 29.3 Å². The molecular weight excluding hydrogens is 260 g/mol. The number of nitrogens with one attached hydrogen (secondary N) is 1. The molecule has 0 amide bonds. The van der Waals surface area contributed by atoms with E-state index in [4.69, 9.17) is 4.74 Å². The maximum Gasteiger partial charge on any atom is 0.343 e. The van der Waals surface area contributed by atoms with Crippen LogP contribution in [0.4, 0.5) is 4.39 Å². The number of halogens is 1. The minimum absolute atomic E-state index is 0.0260. The highest BCUT2D eigenvalue weighted by atomic mass is 18.2. The first-order valence-corrected chi connectivity index (χ1v) is 6.54. The molecule has 0 radical (unpaired) electrons. The molecule has 2 rings (SSSR count). The van der Waals surface area contributed by atoms with Crippen molar-refractivity contribution in [3.05, 3.63) is 45.7 Å². The molecule has 1 heterocycles. The number of rotatable bonds is 5. The Morgan fingerprint density at radius 2 is 2.20 bits per heavy atom. The maximum atomic E-state index is 12.3. The molecular formula is C15H16FNO3. The summed E-state index contributed by atoms with van der Waals surface area (Å²) in [4.78, 5) is 27.0. The number of fused-ring (bicyclic) bond motifs is 1. The molecule has 20 heavy (non-hydrogen) atoms. The summed E-state index contributed by atoms with van der Waals surface area (Å²) in [5, 5.41) is 0.462. The van der Waals surface area contributed by atoms with Crippen molar-refractivity contribution in [3.63, 3.8) is 0 Å². The smallest absolute Gasteiger partial charge is 0.343 e. The number of ether oxygens (including phenoxy) is 1. The summed E-state index contributed by atoms with van der Waals surface area (Å²) in [6.07, 6.45) is 2.28. The second-order valence-electron chi connectivity index (χ2n) is 4.44. The second kappa shape index (κ2) is 6.32. The number of alkyl halides is 1. The fourth-order valence-corrected chi connectivity index (χ4v) is 1.93. The number of H-pyrrole nitrogens is 1. The number of esters is 1. The number of pyridine rings is 1. The Balaban J connectivity index is 2.37. The summed E-state index contributed by atoms with van der Waals surface area (Å²) in [5.74, 6) is -0.719. The molecule has 0 aliphatic rings. The van der Waals surface area contributed by atoms with Crippen molar-refractivity contribution in [1.82, 2.24) is 4.98 Å². The van der Waals surface area contributed by atoms with E-state index in [0.29, 0.717) is 10.9 Å². The summed E-state index contributed by atoms with van der Waals surface area (Å²) in [6.45, 7) is 1.41. The molecule has 5 heteroatoms. The highest BCUT2D eigenvalue weighted by Crippen LogP contribution is 2.12. The molecule has 1 aromatic carbocycles. The van der Waals surface area contributed by atoms with Crippen LogP contribution in [0, 0.1) is 0 Å². The van der Waals surface area contributed by atoms with Gasteiger partial charge in [-0.3, -0.25) is 9.18 Å². The van der Waals surface area contributed by atoms with Crippen molar-refractivity contribution >= 4 is 16.9 Å². The third-order valence-corrected chi connectivity index (χ3v) is 3.08. The van der Waals surface area contributed by atoms with E-state index < -0.39 is 12.6 Å². The van der Waals surface area contributed by atoms with Crippen molar-refractivity contribution < 1.29 is 13.9 Å². The monoisotopic (exact) mass is 276 g/mol. The lowest BCUT2D eigenvalue weighted by Gasteiger charge is -2.05. The average molecular weight is 276 g/mol. The molecule has 0 spiro atoms. The molecule has 0 aliphatic carbocycles. The summed E-state index contributed by atoms with van der Waals surface area (Å²) in [5.41, 5.74) is 1.28. The summed E-state index contributed by atoms with van der Waals surface area (Å²) in [6, 6.07) is 5.51. The van der Waals surface area contributed by atoms with Crippen LogP contribution >= 0.6 is 0 Å². The Labute approximate surface area is 115 Å². The molecule has 0 fully saturated rings. The van der Waals surface area contributed by atoms with E-state index in [1.54, 1.807) is 6.07 Å². The van der Waals surface area contributed by atoms with E-state index in [1.165, 1.54) is 6.20 Å². The van der Waals surface area contributed by atoms with Gasteiger partial charge in [0.05, 0.1) is 13.3 Å². The van der Waals surface area contributed by atoms with E-state index in [-0.39, 0.29) is 24.0 Å². The first-order valence-electron chi connectivity index (χ1n) is 6.54. The van der Waals surface area contributed by atoms with Gasteiger partial charge in [-0.25, -0.2) is 4.79 Å². The third-order valence-electron chi connectivity index (χ3n) is 3.08. The van der Waals surface area contributed by atoms with Crippen molar-refractivity contribution in [2.75, 3.05) is 13.3 Å². The van der Waals surface area contributed by atoms with Crippen molar-refractivity contribution in [2.24, 2.45) is 0 Å². The Hall–Kier alpha value is -2.17. The molecule has 2 aromatic rings. The van der Waals surface area contributed by atoms with Gasteiger partial charge in [0.1, 0.15) is 5.56 Å². The van der Waals surface area contributed by atoms with Crippen LogP contribution in [0.3, 0.4) is 0 Å². The SMILES string of the molecule is CCc1ccc2[nH]cc(C(=O)OCCC[18F])c(=O)c2c1. The normalized spacial score (nSPS) is 10.7. The number of aromatic amines is 1. The van der Waals surface area contributed by atoms with Crippen LogP contribution in [-0.2, 0) is 11.2 Å². The highest BCUT2D eigenvalue weighted by molar-refractivity contribution is 5.93. The number of carbonyl (C=O) groups is 1. The van der Waals surface area contributed by atoms with E-state index in [2.05, 4.69) is 4.98 Å². The summed E-state index contributed by atoms with van der Waals surface area (Å²) >= 11 is 0. The Kier molecular flexibility index (Phi) is 4.50. The molecule has 1 N–H and O–H groups in total. The number of aromatic nitrogens is 1.